The average molecular weight is 188 g/mol. The summed E-state index contributed by atoms with van der Waals surface area (Å²) in [7, 11) is 0. The summed E-state index contributed by atoms with van der Waals surface area (Å²) < 4.78 is 1.91. The molecule has 0 fully saturated rings. The Balaban J connectivity index is 3.07. The van der Waals surface area contributed by atoms with Gasteiger partial charge in [-0.15, -0.1) is 16.7 Å². The van der Waals surface area contributed by atoms with E-state index in [1.807, 2.05) is 4.68 Å². The second-order valence-corrected chi connectivity index (χ2v) is 3.29. The highest BCUT2D eigenvalue weighted by atomic mass is 35.5. The quantitative estimate of drug-likeness (QED) is 0.679. The van der Waals surface area contributed by atoms with Crippen molar-refractivity contribution in [3.05, 3.63) is 11.4 Å². The lowest BCUT2D eigenvalue weighted by atomic mass is 10.1. The summed E-state index contributed by atoms with van der Waals surface area (Å²) in [5.41, 5.74) is 2.07. The van der Waals surface area contributed by atoms with Gasteiger partial charge in [-0.2, -0.15) is 0 Å². The molecule has 0 amide bonds. The van der Waals surface area contributed by atoms with Gasteiger partial charge in [-0.05, 0) is 12.8 Å². The maximum Gasteiger partial charge on any atom is 0.101 e. The summed E-state index contributed by atoms with van der Waals surface area (Å²) in [6.07, 6.45) is 0. The molecule has 0 saturated heterocycles. The van der Waals surface area contributed by atoms with E-state index in [2.05, 4.69) is 31.1 Å². The van der Waals surface area contributed by atoms with Crippen LogP contribution in [0.2, 0.25) is 0 Å². The van der Waals surface area contributed by atoms with Crippen LogP contribution < -0.4 is 0 Å². The van der Waals surface area contributed by atoms with Crippen LogP contribution in [0.25, 0.3) is 0 Å². The maximum atomic E-state index is 5.73. The normalized spacial score (nSPS) is 11.1. The van der Waals surface area contributed by atoms with Crippen molar-refractivity contribution < 1.29 is 0 Å². The molecular weight excluding hydrogens is 174 g/mol. The summed E-state index contributed by atoms with van der Waals surface area (Å²) in [6.45, 7) is 7.16. The molecule has 0 atom stereocenters. The minimum absolute atomic E-state index is 0.439. The van der Waals surface area contributed by atoms with Crippen molar-refractivity contribution in [1.82, 2.24) is 15.0 Å². The van der Waals surface area contributed by atoms with Crippen LogP contribution in [-0.4, -0.2) is 15.0 Å². The molecule has 0 aliphatic carbocycles. The van der Waals surface area contributed by atoms with Crippen molar-refractivity contribution in [3.63, 3.8) is 0 Å². The zero-order valence-corrected chi connectivity index (χ0v) is 8.47. The molecular formula is C8H14ClN3. The van der Waals surface area contributed by atoms with E-state index in [1.165, 1.54) is 0 Å². The summed E-state index contributed by atoms with van der Waals surface area (Å²) in [5.74, 6) is 0.891. The highest BCUT2D eigenvalue weighted by molar-refractivity contribution is 6.16. The van der Waals surface area contributed by atoms with Crippen LogP contribution in [0.1, 0.15) is 38.1 Å². The fourth-order valence-corrected chi connectivity index (χ4v) is 1.51. The van der Waals surface area contributed by atoms with E-state index in [1.54, 1.807) is 0 Å². The van der Waals surface area contributed by atoms with Crippen LogP contribution in [0.4, 0.5) is 0 Å². The van der Waals surface area contributed by atoms with Crippen LogP contribution in [0.5, 0.6) is 0 Å². The Bertz CT molecular complexity index is 233. The van der Waals surface area contributed by atoms with E-state index in [4.69, 9.17) is 11.6 Å². The Labute approximate surface area is 77.7 Å². The number of nitrogens with zero attached hydrogens (tertiary/aromatic N) is 3. The third kappa shape index (κ3) is 1.61. The van der Waals surface area contributed by atoms with Crippen LogP contribution in [-0.2, 0) is 12.4 Å². The highest BCUT2D eigenvalue weighted by Crippen LogP contribution is 2.18. The predicted octanol–water partition coefficient (Wildman–Crippen LogP) is 2.16. The first kappa shape index (κ1) is 9.52. The van der Waals surface area contributed by atoms with Crippen LogP contribution in [0.15, 0.2) is 0 Å². The molecule has 0 aliphatic rings. The highest BCUT2D eigenvalue weighted by Gasteiger charge is 2.13. The smallest absolute Gasteiger partial charge is 0.101 e. The molecule has 0 saturated carbocycles. The van der Waals surface area contributed by atoms with Gasteiger partial charge in [0.15, 0.2) is 0 Å². The van der Waals surface area contributed by atoms with Crippen molar-refractivity contribution in [1.29, 1.82) is 0 Å². The lowest BCUT2D eigenvalue weighted by Gasteiger charge is -2.07. The van der Waals surface area contributed by atoms with Gasteiger partial charge in [0, 0.05) is 6.54 Å². The van der Waals surface area contributed by atoms with Crippen LogP contribution >= 0.6 is 11.6 Å². The monoisotopic (exact) mass is 187 g/mol. The van der Waals surface area contributed by atoms with Gasteiger partial charge in [0.05, 0.1) is 11.6 Å². The van der Waals surface area contributed by atoms with Gasteiger partial charge >= 0.3 is 0 Å². The topological polar surface area (TPSA) is 30.7 Å². The fraction of sp³-hybridized carbons (Fsp3) is 0.750. The molecule has 0 N–H and O–H groups in total. The van der Waals surface area contributed by atoms with E-state index >= 15 is 0 Å². The predicted molar refractivity (Wildman–Crippen MR) is 49.3 cm³/mol. The number of aryl methyl sites for hydroxylation is 1. The molecule has 0 aliphatic heterocycles. The van der Waals surface area contributed by atoms with Crippen molar-refractivity contribution in [2.45, 2.75) is 39.1 Å². The summed E-state index contributed by atoms with van der Waals surface area (Å²) in [4.78, 5) is 0. The Hall–Kier alpha value is -0.570. The Morgan fingerprint density at radius 1 is 1.50 bits per heavy atom. The molecule has 0 unspecified atom stereocenters. The fourth-order valence-electron chi connectivity index (χ4n) is 1.32. The number of rotatable bonds is 3. The van der Waals surface area contributed by atoms with Gasteiger partial charge in [0.2, 0.25) is 0 Å². The molecule has 0 spiro atoms. The molecule has 0 aromatic carbocycles. The zero-order chi connectivity index (χ0) is 9.14. The molecule has 1 aromatic rings. The average Bonchev–Trinajstić information content (AvgIpc) is 2.46. The maximum absolute atomic E-state index is 5.73. The minimum atomic E-state index is 0.439. The van der Waals surface area contributed by atoms with E-state index in [0.717, 1.165) is 17.9 Å². The van der Waals surface area contributed by atoms with E-state index in [-0.39, 0.29) is 0 Å². The molecule has 1 aromatic heterocycles. The van der Waals surface area contributed by atoms with E-state index < -0.39 is 0 Å². The van der Waals surface area contributed by atoms with Gasteiger partial charge in [-0.1, -0.05) is 19.1 Å². The van der Waals surface area contributed by atoms with Crippen molar-refractivity contribution in [2.75, 3.05) is 0 Å². The van der Waals surface area contributed by atoms with Gasteiger partial charge in [0.1, 0.15) is 5.69 Å². The number of alkyl halides is 1. The molecule has 12 heavy (non-hydrogen) atoms. The van der Waals surface area contributed by atoms with Gasteiger partial charge in [-0.3, -0.25) is 0 Å². The molecule has 3 nitrogen and oxygen atoms in total. The Morgan fingerprint density at radius 3 is 2.58 bits per heavy atom. The van der Waals surface area contributed by atoms with Gasteiger partial charge in [-0.25, -0.2) is 4.68 Å². The molecule has 68 valence electrons. The number of halogens is 1. The van der Waals surface area contributed by atoms with Crippen molar-refractivity contribution in [2.24, 2.45) is 0 Å². The van der Waals surface area contributed by atoms with Crippen molar-refractivity contribution >= 4 is 11.6 Å². The SMILES string of the molecule is CCn1nnc(CCl)c1C(C)C. The summed E-state index contributed by atoms with van der Waals surface area (Å²) in [6, 6.07) is 0. The van der Waals surface area contributed by atoms with Crippen LogP contribution in [0.3, 0.4) is 0 Å². The molecule has 1 heterocycles. The van der Waals surface area contributed by atoms with Gasteiger partial charge < -0.3 is 0 Å². The minimum Gasteiger partial charge on any atom is -0.249 e. The zero-order valence-electron chi connectivity index (χ0n) is 7.71. The molecule has 0 bridgehead atoms. The number of hydrogen-bond donors (Lipinski definition) is 0. The standard InChI is InChI=1S/C8H14ClN3/c1-4-12-8(6(2)3)7(5-9)10-11-12/h6H,4-5H2,1-3H3. The first-order valence-electron chi connectivity index (χ1n) is 4.18. The second-order valence-electron chi connectivity index (χ2n) is 3.03. The number of hydrogen-bond acceptors (Lipinski definition) is 2. The molecule has 1 rings (SSSR count). The second kappa shape index (κ2) is 3.90. The van der Waals surface area contributed by atoms with Crippen molar-refractivity contribution in [3.8, 4) is 0 Å². The summed E-state index contributed by atoms with van der Waals surface area (Å²) >= 11 is 5.73. The summed E-state index contributed by atoms with van der Waals surface area (Å²) in [5, 5.41) is 8.02. The Kier molecular flexibility index (Phi) is 3.09. The van der Waals surface area contributed by atoms with Gasteiger partial charge in [0.25, 0.3) is 0 Å². The van der Waals surface area contributed by atoms with Crippen LogP contribution in [0, 0.1) is 0 Å². The Morgan fingerprint density at radius 2 is 2.17 bits per heavy atom. The first-order valence-corrected chi connectivity index (χ1v) is 4.72. The third-order valence-corrected chi connectivity index (χ3v) is 2.07. The molecule has 0 radical (unpaired) electrons. The van der Waals surface area contributed by atoms with E-state index in [9.17, 15) is 0 Å². The largest absolute Gasteiger partial charge is 0.249 e. The first-order chi connectivity index (χ1) is 5.70. The third-order valence-electron chi connectivity index (χ3n) is 1.82. The number of aromatic nitrogens is 3. The van der Waals surface area contributed by atoms with E-state index in [0.29, 0.717) is 11.8 Å². The lowest BCUT2D eigenvalue weighted by molar-refractivity contribution is 0.579. The molecule has 4 heteroatoms. The lowest BCUT2D eigenvalue weighted by Crippen LogP contribution is -2.05.